The van der Waals surface area contributed by atoms with Gasteiger partial charge < -0.3 is 9.47 Å². The molecular formula is C9H10ClNO4. The Morgan fingerprint density at radius 2 is 2.00 bits per heavy atom. The van der Waals surface area contributed by atoms with E-state index in [2.05, 4.69) is 0 Å². The van der Waals surface area contributed by atoms with Crippen molar-refractivity contribution in [1.29, 1.82) is 0 Å². The number of ether oxygens (including phenoxy) is 2. The van der Waals surface area contributed by atoms with Crippen LogP contribution in [-0.2, 0) is 9.47 Å². The van der Waals surface area contributed by atoms with Gasteiger partial charge in [-0.1, -0.05) is 11.6 Å². The lowest BCUT2D eigenvalue weighted by Gasteiger charge is -2.14. The lowest BCUT2D eigenvalue weighted by molar-refractivity contribution is -0.385. The zero-order valence-electron chi connectivity index (χ0n) is 8.27. The lowest BCUT2D eigenvalue weighted by Crippen LogP contribution is -2.05. The summed E-state index contributed by atoms with van der Waals surface area (Å²) in [4.78, 5) is 10.0. The average Bonchev–Trinajstić information content (AvgIpc) is 2.22. The minimum absolute atomic E-state index is 0.0477. The summed E-state index contributed by atoms with van der Waals surface area (Å²) in [5.74, 6) is 0. The van der Waals surface area contributed by atoms with E-state index in [4.69, 9.17) is 21.1 Å². The molecule has 1 rings (SSSR count). The molecule has 0 fully saturated rings. The van der Waals surface area contributed by atoms with Crippen LogP contribution in [0.25, 0.3) is 0 Å². The molecule has 0 aliphatic rings. The Kier molecular flexibility index (Phi) is 4.02. The van der Waals surface area contributed by atoms with Crippen LogP contribution in [0.4, 0.5) is 5.69 Å². The van der Waals surface area contributed by atoms with Gasteiger partial charge in [0.1, 0.15) is 0 Å². The van der Waals surface area contributed by atoms with E-state index in [0.29, 0.717) is 10.6 Å². The van der Waals surface area contributed by atoms with Crippen molar-refractivity contribution in [3.8, 4) is 0 Å². The molecule has 0 radical (unpaired) electrons. The summed E-state index contributed by atoms with van der Waals surface area (Å²) < 4.78 is 9.94. The highest BCUT2D eigenvalue weighted by molar-refractivity contribution is 6.31. The standard InChI is InChI=1S/C9H10ClNO4/c1-14-9(15-2)7-5-6(11(12)13)3-4-8(7)10/h3-5,9H,1-2H3. The first kappa shape index (κ1) is 11.9. The maximum Gasteiger partial charge on any atom is 0.269 e. The van der Waals surface area contributed by atoms with Gasteiger partial charge >= 0.3 is 0 Å². The number of nitrogens with zero attached hydrogens (tertiary/aromatic N) is 1. The Bertz CT molecular complexity index is 365. The quantitative estimate of drug-likeness (QED) is 0.454. The molecule has 0 spiro atoms. The highest BCUT2D eigenvalue weighted by atomic mass is 35.5. The summed E-state index contributed by atoms with van der Waals surface area (Å²) in [6, 6.07) is 4.11. The Labute approximate surface area is 91.7 Å². The Balaban J connectivity index is 3.15. The average molecular weight is 232 g/mol. The molecule has 0 N–H and O–H groups in total. The molecule has 0 saturated heterocycles. The zero-order valence-corrected chi connectivity index (χ0v) is 9.02. The molecule has 0 aromatic heterocycles. The van der Waals surface area contributed by atoms with Crippen molar-refractivity contribution in [2.24, 2.45) is 0 Å². The minimum Gasteiger partial charge on any atom is -0.352 e. The van der Waals surface area contributed by atoms with E-state index in [-0.39, 0.29) is 5.69 Å². The van der Waals surface area contributed by atoms with E-state index >= 15 is 0 Å². The third-order valence-electron chi connectivity index (χ3n) is 1.87. The van der Waals surface area contributed by atoms with E-state index in [0.717, 1.165) is 0 Å². The highest BCUT2D eigenvalue weighted by Gasteiger charge is 2.17. The molecule has 0 atom stereocenters. The van der Waals surface area contributed by atoms with Crippen molar-refractivity contribution in [2.45, 2.75) is 6.29 Å². The van der Waals surface area contributed by atoms with Gasteiger partial charge in [0.05, 0.1) is 4.92 Å². The first-order chi connectivity index (χ1) is 7.10. The molecule has 0 heterocycles. The maximum atomic E-state index is 10.5. The van der Waals surface area contributed by atoms with Gasteiger partial charge in [-0.3, -0.25) is 10.1 Å². The summed E-state index contributed by atoms with van der Waals surface area (Å²) in [6.07, 6.45) is -0.697. The number of hydrogen-bond acceptors (Lipinski definition) is 4. The van der Waals surface area contributed by atoms with Gasteiger partial charge in [-0.2, -0.15) is 0 Å². The number of nitro groups is 1. The van der Waals surface area contributed by atoms with Crippen molar-refractivity contribution in [3.63, 3.8) is 0 Å². The number of hydrogen-bond donors (Lipinski definition) is 0. The van der Waals surface area contributed by atoms with E-state index in [1.807, 2.05) is 0 Å². The summed E-state index contributed by atoms with van der Waals surface area (Å²) in [6.45, 7) is 0. The SMILES string of the molecule is COC(OC)c1cc([N+](=O)[O-])ccc1Cl. The normalized spacial score (nSPS) is 10.7. The van der Waals surface area contributed by atoms with E-state index in [9.17, 15) is 10.1 Å². The number of nitro benzene ring substituents is 1. The molecule has 0 unspecified atom stereocenters. The zero-order chi connectivity index (χ0) is 11.4. The molecule has 6 heteroatoms. The van der Waals surface area contributed by atoms with Crippen LogP contribution in [0.15, 0.2) is 18.2 Å². The second-order valence-electron chi connectivity index (χ2n) is 2.77. The topological polar surface area (TPSA) is 61.6 Å². The van der Waals surface area contributed by atoms with Gasteiger partial charge in [0.2, 0.25) is 0 Å². The fourth-order valence-electron chi connectivity index (χ4n) is 1.18. The molecular weight excluding hydrogens is 222 g/mol. The van der Waals surface area contributed by atoms with Crippen LogP contribution >= 0.6 is 11.6 Å². The van der Waals surface area contributed by atoms with Crippen LogP contribution in [-0.4, -0.2) is 19.1 Å². The van der Waals surface area contributed by atoms with Gasteiger partial charge in [0.25, 0.3) is 5.69 Å². The van der Waals surface area contributed by atoms with Crippen molar-refractivity contribution in [1.82, 2.24) is 0 Å². The largest absolute Gasteiger partial charge is 0.352 e. The number of halogens is 1. The highest BCUT2D eigenvalue weighted by Crippen LogP contribution is 2.29. The summed E-state index contributed by atoms with van der Waals surface area (Å²) in [5, 5.41) is 10.9. The Morgan fingerprint density at radius 3 is 2.47 bits per heavy atom. The Morgan fingerprint density at radius 1 is 1.40 bits per heavy atom. The maximum absolute atomic E-state index is 10.5. The molecule has 5 nitrogen and oxygen atoms in total. The molecule has 0 saturated carbocycles. The first-order valence-electron chi connectivity index (χ1n) is 4.09. The monoisotopic (exact) mass is 231 g/mol. The summed E-state index contributed by atoms with van der Waals surface area (Å²) >= 11 is 5.87. The summed E-state index contributed by atoms with van der Waals surface area (Å²) in [7, 11) is 2.87. The molecule has 0 bridgehead atoms. The van der Waals surface area contributed by atoms with Crippen LogP contribution in [0, 0.1) is 10.1 Å². The third kappa shape index (κ3) is 2.65. The summed E-state index contributed by atoms with van der Waals surface area (Å²) in [5.41, 5.74) is 0.393. The van der Waals surface area contributed by atoms with Crippen molar-refractivity contribution < 1.29 is 14.4 Å². The fraction of sp³-hybridized carbons (Fsp3) is 0.333. The van der Waals surface area contributed by atoms with Gasteiger partial charge in [0, 0.05) is 36.9 Å². The van der Waals surface area contributed by atoms with Gasteiger partial charge in [-0.05, 0) is 6.07 Å². The van der Waals surface area contributed by atoms with Crippen LogP contribution in [0.5, 0.6) is 0 Å². The van der Waals surface area contributed by atoms with E-state index in [1.54, 1.807) is 0 Å². The molecule has 82 valence electrons. The van der Waals surface area contributed by atoms with Gasteiger partial charge in [-0.15, -0.1) is 0 Å². The predicted molar refractivity (Wildman–Crippen MR) is 54.9 cm³/mol. The fourth-order valence-corrected chi connectivity index (χ4v) is 1.38. The lowest BCUT2D eigenvalue weighted by atomic mass is 10.2. The minimum atomic E-state index is -0.697. The van der Waals surface area contributed by atoms with Crippen LogP contribution in [0.1, 0.15) is 11.9 Å². The smallest absolute Gasteiger partial charge is 0.269 e. The van der Waals surface area contributed by atoms with Crippen molar-refractivity contribution in [2.75, 3.05) is 14.2 Å². The molecule has 0 aliphatic heterocycles. The molecule has 15 heavy (non-hydrogen) atoms. The second-order valence-corrected chi connectivity index (χ2v) is 3.17. The van der Waals surface area contributed by atoms with Gasteiger partial charge in [0.15, 0.2) is 6.29 Å². The number of rotatable bonds is 4. The second kappa shape index (κ2) is 5.06. The first-order valence-corrected chi connectivity index (χ1v) is 4.47. The van der Waals surface area contributed by atoms with Crippen LogP contribution < -0.4 is 0 Å². The van der Waals surface area contributed by atoms with Crippen molar-refractivity contribution >= 4 is 17.3 Å². The number of benzene rings is 1. The molecule has 0 aliphatic carbocycles. The van der Waals surface area contributed by atoms with E-state index < -0.39 is 11.2 Å². The Hall–Kier alpha value is -1.17. The molecule has 1 aromatic carbocycles. The molecule has 1 aromatic rings. The molecule has 0 amide bonds. The number of methoxy groups -OCH3 is 2. The van der Waals surface area contributed by atoms with Gasteiger partial charge in [-0.25, -0.2) is 0 Å². The third-order valence-corrected chi connectivity index (χ3v) is 2.22. The van der Waals surface area contributed by atoms with Crippen LogP contribution in [0.3, 0.4) is 0 Å². The van der Waals surface area contributed by atoms with Crippen molar-refractivity contribution in [3.05, 3.63) is 38.9 Å². The van der Waals surface area contributed by atoms with Crippen LogP contribution in [0.2, 0.25) is 5.02 Å². The predicted octanol–water partition coefficient (Wildman–Crippen LogP) is 2.54. The van der Waals surface area contributed by atoms with E-state index in [1.165, 1.54) is 32.4 Å². The number of non-ortho nitro benzene ring substituents is 1.